The van der Waals surface area contributed by atoms with Gasteiger partial charge in [-0.3, -0.25) is 20.2 Å². The lowest BCUT2D eigenvalue weighted by Crippen LogP contribution is -2.10. The van der Waals surface area contributed by atoms with Gasteiger partial charge in [0, 0.05) is 4.92 Å². The molecule has 0 amide bonds. The lowest BCUT2D eigenvalue weighted by atomic mass is 10.3. The maximum absolute atomic E-state index is 10.0. The first kappa shape index (κ1) is 20.7. The van der Waals surface area contributed by atoms with Crippen LogP contribution in [0.25, 0.3) is 6.08 Å². The summed E-state index contributed by atoms with van der Waals surface area (Å²) in [6, 6.07) is 6.35. The van der Waals surface area contributed by atoms with Gasteiger partial charge in [0.2, 0.25) is 12.7 Å². The first-order valence-corrected chi connectivity index (χ1v) is 7.83. The van der Waals surface area contributed by atoms with Crippen molar-refractivity contribution in [3.05, 3.63) is 73.7 Å². The van der Waals surface area contributed by atoms with Crippen LogP contribution in [0.3, 0.4) is 0 Å². The Bertz CT molecular complexity index is 726. The second-order valence-corrected chi connectivity index (χ2v) is 5.04. The number of rotatable bonds is 7. The maximum atomic E-state index is 10.0. The van der Waals surface area contributed by atoms with Crippen LogP contribution in [-0.4, -0.2) is 21.5 Å². The van der Waals surface area contributed by atoms with E-state index in [1.165, 1.54) is 12.1 Å². The summed E-state index contributed by atoms with van der Waals surface area (Å²) in [4.78, 5) is 18.8. The van der Waals surface area contributed by atoms with Crippen molar-refractivity contribution in [1.29, 1.82) is 0 Å². The summed E-state index contributed by atoms with van der Waals surface area (Å²) in [6.45, 7) is -0.560. The molecule has 1 unspecified atom stereocenters. The van der Waals surface area contributed by atoms with Crippen molar-refractivity contribution >= 4 is 29.3 Å². The Kier molecular flexibility index (Phi) is 8.68. The second kappa shape index (κ2) is 10.5. The average molecular weight is 393 g/mol. The molecule has 2 rings (SSSR count). The van der Waals surface area contributed by atoms with Crippen molar-refractivity contribution < 1.29 is 23.8 Å². The van der Waals surface area contributed by atoms with E-state index in [1.807, 2.05) is 0 Å². The van der Waals surface area contributed by atoms with E-state index >= 15 is 0 Å². The summed E-state index contributed by atoms with van der Waals surface area (Å²) in [7, 11) is 0. The van der Waals surface area contributed by atoms with Gasteiger partial charge in [-0.15, -0.1) is 23.2 Å². The number of aliphatic hydroxyl groups is 1. The average Bonchev–Trinajstić information content (AvgIpc) is 3.22. The highest BCUT2D eigenvalue weighted by Gasteiger charge is 2.17. The molecule has 0 fully saturated rings. The lowest BCUT2D eigenvalue weighted by Gasteiger charge is -2.00. The molecule has 9 nitrogen and oxygen atoms in total. The molecule has 0 bridgehead atoms. The van der Waals surface area contributed by atoms with Gasteiger partial charge in [0.25, 0.3) is 0 Å². The molecule has 0 spiro atoms. The summed E-state index contributed by atoms with van der Waals surface area (Å²) in [5.41, 5.74) is 0. The molecule has 0 aliphatic carbocycles. The molecule has 1 N–H and O–H groups in total. The van der Waals surface area contributed by atoms with E-state index in [0.29, 0.717) is 17.3 Å². The van der Waals surface area contributed by atoms with Gasteiger partial charge in [-0.1, -0.05) is 0 Å². The number of hydrogen-bond acceptors (Lipinski definition) is 7. The van der Waals surface area contributed by atoms with Gasteiger partial charge in [0.1, 0.15) is 23.0 Å². The van der Waals surface area contributed by atoms with Crippen molar-refractivity contribution in [3.63, 3.8) is 0 Å². The second-order valence-electron chi connectivity index (χ2n) is 4.51. The molecule has 1 atom stereocenters. The summed E-state index contributed by atoms with van der Waals surface area (Å²) in [5.74, 6) is 2.14. The van der Waals surface area contributed by atoms with E-state index in [4.69, 9.17) is 32.0 Å². The third kappa shape index (κ3) is 7.84. The quantitative estimate of drug-likeness (QED) is 0.432. The van der Waals surface area contributed by atoms with Crippen LogP contribution in [0.2, 0.25) is 0 Å². The minimum absolute atomic E-state index is 0.173. The number of nitrogens with zero attached hydrogens (tertiary/aromatic N) is 2. The van der Waals surface area contributed by atoms with Gasteiger partial charge in [-0.05, 0) is 24.3 Å². The van der Waals surface area contributed by atoms with Crippen molar-refractivity contribution in [3.8, 4) is 0 Å². The Morgan fingerprint density at radius 3 is 2.16 bits per heavy atom. The monoisotopic (exact) mass is 392 g/mol. The lowest BCUT2D eigenvalue weighted by molar-refractivity contribution is -0.492. The molecule has 25 heavy (non-hydrogen) atoms. The van der Waals surface area contributed by atoms with Crippen LogP contribution in [-0.2, 0) is 11.8 Å². The highest BCUT2D eigenvalue weighted by molar-refractivity contribution is 6.17. The largest absolute Gasteiger partial charge is 0.462 e. The molecular weight excluding hydrogens is 379 g/mol. The standard InChI is InChI=1S/C7H8ClNO4.C7H6ClNO3/c8-3-5-1-2-7(13-5)6(10)4-9(11)12;8-5-7-2-1-6(12-7)3-4-9(10)11/h1-2,6,10H,3-4H2;1-4H,5H2/b;4-3+. The topological polar surface area (TPSA) is 133 Å². The molecule has 2 aromatic heterocycles. The first-order valence-electron chi connectivity index (χ1n) is 6.76. The number of aliphatic hydroxyl groups excluding tert-OH is 1. The molecule has 136 valence electrons. The number of hydrogen-bond donors (Lipinski definition) is 1. The molecular formula is C14H14Cl2N2O7. The van der Waals surface area contributed by atoms with Crippen molar-refractivity contribution in [2.75, 3.05) is 6.54 Å². The summed E-state index contributed by atoms with van der Waals surface area (Å²) in [6.07, 6.45) is 0.888. The molecule has 0 aliphatic rings. The fraction of sp³-hybridized carbons (Fsp3) is 0.286. The van der Waals surface area contributed by atoms with Crippen molar-refractivity contribution in [2.45, 2.75) is 17.9 Å². The van der Waals surface area contributed by atoms with Crippen LogP contribution in [0, 0.1) is 20.2 Å². The Morgan fingerprint density at radius 1 is 1.08 bits per heavy atom. The third-order valence-corrected chi connectivity index (χ3v) is 3.17. The number of nitro groups is 2. The first-order chi connectivity index (χ1) is 11.8. The Morgan fingerprint density at radius 2 is 1.68 bits per heavy atom. The molecule has 2 heterocycles. The van der Waals surface area contributed by atoms with Gasteiger partial charge in [0.15, 0.2) is 6.10 Å². The number of furan rings is 2. The van der Waals surface area contributed by atoms with Crippen LogP contribution >= 0.6 is 23.2 Å². The number of alkyl halides is 2. The van der Waals surface area contributed by atoms with Gasteiger partial charge in [0.05, 0.1) is 22.8 Å². The van der Waals surface area contributed by atoms with E-state index < -0.39 is 22.5 Å². The van der Waals surface area contributed by atoms with Crippen LogP contribution in [0.5, 0.6) is 0 Å². The minimum atomic E-state index is -1.20. The predicted molar refractivity (Wildman–Crippen MR) is 89.4 cm³/mol. The van der Waals surface area contributed by atoms with E-state index in [9.17, 15) is 25.3 Å². The van der Waals surface area contributed by atoms with E-state index in [2.05, 4.69) is 0 Å². The Labute approximate surface area is 151 Å². The molecule has 0 saturated heterocycles. The highest BCUT2D eigenvalue weighted by atomic mass is 35.5. The summed E-state index contributed by atoms with van der Waals surface area (Å²) < 4.78 is 10.1. The zero-order chi connectivity index (χ0) is 18.8. The third-order valence-electron chi connectivity index (χ3n) is 2.64. The molecule has 0 radical (unpaired) electrons. The normalized spacial score (nSPS) is 11.8. The zero-order valence-electron chi connectivity index (χ0n) is 12.7. The van der Waals surface area contributed by atoms with Crippen LogP contribution < -0.4 is 0 Å². The highest BCUT2D eigenvalue weighted by Crippen LogP contribution is 2.17. The van der Waals surface area contributed by atoms with Gasteiger partial charge in [-0.2, -0.15) is 0 Å². The van der Waals surface area contributed by atoms with Gasteiger partial charge < -0.3 is 13.9 Å². The minimum Gasteiger partial charge on any atom is -0.462 e. The van der Waals surface area contributed by atoms with Gasteiger partial charge in [-0.25, -0.2) is 0 Å². The molecule has 0 aliphatic heterocycles. The van der Waals surface area contributed by atoms with Crippen molar-refractivity contribution in [2.24, 2.45) is 0 Å². The fourth-order valence-corrected chi connectivity index (χ4v) is 1.85. The summed E-state index contributed by atoms with van der Waals surface area (Å²) in [5, 5.41) is 29.2. The van der Waals surface area contributed by atoms with Crippen LogP contribution in [0.1, 0.15) is 29.1 Å². The molecule has 2 aromatic rings. The van der Waals surface area contributed by atoms with Crippen molar-refractivity contribution in [1.82, 2.24) is 0 Å². The van der Waals surface area contributed by atoms with Crippen LogP contribution in [0.15, 0.2) is 39.3 Å². The zero-order valence-corrected chi connectivity index (χ0v) is 14.2. The fourth-order valence-electron chi connectivity index (χ4n) is 1.57. The predicted octanol–water partition coefficient (Wildman–Crippen LogP) is 3.59. The molecule has 0 aromatic carbocycles. The molecule has 11 heteroatoms. The Hall–Kier alpha value is -2.36. The van der Waals surface area contributed by atoms with E-state index in [1.54, 1.807) is 18.2 Å². The SMILES string of the molecule is O=[N+]([O-])/C=C/c1ccc(CCl)o1.O=[N+]([O-])CC(O)c1ccc(CCl)o1. The van der Waals surface area contributed by atoms with Crippen LogP contribution in [0.4, 0.5) is 0 Å². The summed E-state index contributed by atoms with van der Waals surface area (Å²) >= 11 is 10.9. The molecule has 0 saturated carbocycles. The number of halogens is 2. The Balaban J connectivity index is 0.000000251. The van der Waals surface area contributed by atoms with E-state index in [-0.39, 0.29) is 17.5 Å². The maximum Gasteiger partial charge on any atom is 0.238 e. The smallest absolute Gasteiger partial charge is 0.238 e. The van der Waals surface area contributed by atoms with E-state index in [0.717, 1.165) is 6.20 Å². The van der Waals surface area contributed by atoms with Gasteiger partial charge >= 0.3 is 0 Å².